The van der Waals surface area contributed by atoms with E-state index in [4.69, 9.17) is 11.6 Å². The van der Waals surface area contributed by atoms with Gasteiger partial charge in [-0.1, -0.05) is 23.7 Å². The summed E-state index contributed by atoms with van der Waals surface area (Å²) in [7, 11) is 0. The number of allylic oxidation sites excluding steroid dienone is 1. The zero-order valence-electron chi connectivity index (χ0n) is 7.12. The van der Waals surface area contributed by atoms with Crippen molar-refractivity contribution in [2.45, 2.75) is 6.92 Å². The summed E-state index contributed by atoms with van der Waals surface area (Å²) in [5, 5.41) is 9.70. The number of phenols is 1. The van der Waals surface area contributed by atoms with Crippen molar-refractivity contribution in [1.82, 2.24) is 0 Å². The van der Waals surface area contributed by atoms with Crippen LogP contribution in [0.2, 0.25) is 5.02 Å². The Kier molecular flexibility index (Phi) is 3.09. The third kappa shape index (κ3) is 2.60. The third-order valence-electron chi connectivity index (χ3n) is 1.52. The molecular formula is C10H9ClO2. The van der Waals surface area contributed by atoms with Crippen molar-refractivity contribution in [3.05, 3.63) is 34.9 Å². The lowest BCUT2D eigenvalue weighted by Crippen LogP contribution is -1.81. The van der Waals surface area contributed by atoms with Gasteiger partial charge >= 0.3 is 0 Å². The highest BCUT2D eigenvalue weighted by molar-refractivity contribution is 6.32. The van der Waals surface area contributed by atoms with Crippen LogP contribution in [0.1, 0.15) is 12.5 Å². The van der Waals surface area contributed by atoms with Crippen LogP contribution in [0, 0.1) is 0 Å². The molecule has 0 bridgehead atoms. The molecule has 0 aromatic heterocycles. The first-order valence-corrected chi connectivity index (χ1v) is 4.15. The second kappa shape index (κ2) is 4.10. The first-order chi connectivity index (χ1) is 6.11. The maximum absolute atomic E-state index is 10.6. The molecule has 3 heteroatoms. The molecule has 0 saturated carbocycles. The maximum Gasteiger partial charge on any atom is 0.152 e. The number of hydrogen-bond acceptors (Lipinski definition) is 2. The SMILES string of the molecule is CC(=O)/C=C/c1cccc(Cl)c1O. The van der Waals surface area contributed by atoms with Gasteiger partial charge in [0.15, 0.2) is 5.78 Å². The van der Waals surface area contributed by atoms with E-state index in [0.717, 1.165) is 0 Å². The Balaban J connectivity index is 3.02. The van der Waals surface area contributed by atoms with E-state index in [-0.39, 0.29) is 16.6 Å². The molecule has 0 aliphatic heterocycles. The van der Waals surface area contributed by atoms with Crippen molar-refractivity contribution >= 4 is 23.5 Å². The number of phenolic OH excluding ortho intramolecular Hbond substituents is 1. The van der Waals surface area contributed by atoms with Crippen LogP contribution in [-0.4, -0.2) is 10.9 Å². The molecule has 68 valence electrons. The lowest BCUT2D eigenvalue weighted by molar-refractivity contribution is -0.112. The molecule has 2 nitrogen and oxygen atoms in total. The van der Waals surface area contributed by atoms with E-state index in [2.05, 4.69) is 0 Å². The molecule has 1 aromatic rings. The van der Waals surface area contributed by atoms with E-state index in [1.165, 1.54) is 19.1 Å². The number of rotatable bonds is 2. The lowest BCUT2D eigenvalue weighted by atomic mass is 10.2. The van der Waals surface area contributed by atoms with Gasteiger partial charge in [0.25, 0.3) is 0 Å². The summed E-state index contributed by atoms with van der Waals surface area (Å²) in [6.07, 6.45) is 2.91. The summed E-state index contributed by atoms with van der Waals surface area (Å²) < 4.78 is 0. The molecule has 1 rings (SSSR count). The van der Waals surface area contributed by atoms with Crippen LogP contribution in [-0.2, 0) is 4.79 Å². The molecule has 0 spiro atoms. The van der Waals surface area contributed by atoms with E-state index < -0.39 is 0 Å². The summed E-state index contributed by atoms with van der Waals surface area (Å²) in [6, 6.07) is 4.98. The summed E-state index contributed by atoms with van der Waals surface area (Å²) in [5.74, 6) is -0.0685. The molecule has 0 atom stereocenters. The van der Waals surface area contributed by atoms with Gasteiger partial charge < -0.3 is 5.11 Å². The highest BCUT2D eigenvalue weighted by Crippen LogP contribution is 2.27. The van der Waals surface area contributed by atoms with Crippen LogP contribution in [0.25, 0.3) is 6.08 Å². The van der Waals surface area contributed by atoms with Crippen molar-refractivity contribution in [1.29, 1.82) is 0 Å². The molecule has 1 N–H and O–H groups in total. The average molecular weight is 197 g/mol. The number of carbonyl (C=O) groups excluding carboxylic acids is 1. The molecule has 0 unspecified atom stereocenters. The van der Waals surface area contributed by atoms with Gasteiger partial charge in [0, 0.05) is 5.56 Å². The van der Waals surface area contributed by atoms with Gasteiger partial charge in [-0.05, 0) is 25.1 Å². The van der Waals surface area contributed by atoms with Crippen LogP contribution in [0.15, 0.2) is 24.3 Å². The predicted octanol–water partition coefficient (Wildman–Crippen LogP) is 2.65. The number of carbonyl (C=O) groups is 1. The van der Waals surface area contributed by atoms with Crippen LogP contribution >= 0.6 is 11.6 Å². The number of hydrogen-bond donors (Lipinski definition) is 1. The minimum absolute atomic E-state index is 0.00154. The van der Waals surface area contributed by atoms with Crippen molar-refractivity contribution in [2.75, 3.05) is 0 Å². The van der Waals surface area contributed by atoms with Crippen molar-refractivity contribution in [3.63, 3.8) is 0 Å². The van der Waals surface area contributed by atoms with E-state index >= 15 is 0 Å². The second-order valence-electron chi connectivity index (χ2n) is 2.62. The standard InChI is InChI=1S/C10H9ClO2/c1-7(12)5-6-8-3-2-4-9(11)10(8)13/h2-6,13H,1H3/b6-5+. The van der Waals surface area contributed by atoms with Gasteiger partial charge in [-0.3, -0.25) is 4.79 Å². The van der Waals surface area contributed by atoms with Crippen molar-refractivity contribution in [2.24, 2.45) is 0 Å². The summed E-state index contributed by atoms with van der Waals surface area (Å²) >= 11 is 5.66. The summed E-state index contributed by atoms with van der Waals surface area (Å²) in [5.41, 5.74) is 0.544. The van der Waals surface area contributed by atoms with E-state index in [1.54, 1.807) is 18.2 Å². The highest BCUT2D eigenvalue weighted by atomic mass is 35.5. The Bertz CT molecular complexity index is 356. The van der Waals surface area contributed by atoms with Crippen molar-refractivity contribution < 1.29 is 9.90 Å². The quantitative estimate of drug-likeness (QED) is 0.739. The second-order valence-corrected chi connectivity index (χ2v) is 3.03. The first-order valence-electron chi connectivity index (χ1n) is 3.77. The monoisotopic (exact) mass is 196 g/mol. The number of benzene rings is 1. The number of para-hydroxylation sites is 1. The van der Waals surface area contributed by atoms with Gasteiger partial charge in [0.2, 0.25) is 0 Å². The van der Waals surface area contributed by atoms with Crippen LogP contribution in [0.4, 0.5) is 0 Å². The van der Waals surface area contributed by atoms with E-state index in [1.807, 2.05) is 0 Å². The number of halogens is 1. The van der Waals surface area contributed by atoms with Gasteiger partial charge in [-0.15, -0.1) is 0 Å². The fourth-order valence-corrected chi connectivity index (χ4v) is 1.06. The molecule has 0 radical (unpaired) electrons. The molecule has 1 aromatic carbocycles. The van der Waals surface area contributed by atoms with Gasteiger partial charge in [-0.2, -0.15) is 0 Å². The van der Waals surface area contributed by atoms with E-state index in [9.17, 15) is 9.90 Å². The highest BCUT2D eigenvalue weighted by Gasteiger charge is 2.00. The van der Waals surface area contributed by atoms with Gasteiger partial charge in [0.1, 0.15) is 5.75 Å². The largest absolute Gasteiger partial charge is 0.506 e. The minimum atomic E-state index is -0.0700. The van der Waals surface area contributed by atoms with Crippen LogP contribution in [0.3, 0.4) is 0 Å². The Morgan fingerprint density at radius 2 is 2.23 bits per heavy atom. The summed E-state index contributed by atoms with van der Waals surface area (Å²) in [6.45, 7) is 1.44. The molecule has 0 heterocycles. The van der Waals surface area contributed by atoms with Crippen molar-refractivity contribution in [3.8, 4) is 5.75 Å². The Labute approximate surface area is 81.5 Å². The molecule has 0 amide bonds. The normalized spacial score (nSPS) is 10.6. The van der Waals surface area contributed by atoms with Gasteiger partial charge in [-0.25, -0.2) is 0 Å². The maximum atomic E-state index is 10.6. The van der Waals surface area contributed by atoms with Gasteiger partial charge in [0.05, 0.1) is 5.02 Å². The van der Waals surface area contributed by atoms with E-state index in [0.29, 0.717) is 5.56 Å². The predicted molar refractivity (Wildman–Crippen MR) is 52.8 cm³/mol. The molecule has 0 aliphatic carbocycles. The minimum Gasteiger partial charge on any atom is -0.506 e. The number of aromatic hydroxyl groups is 1. The molecule has 0 aliphatic rings. The Morgan fingerprint density at radius 1 is 1.54 bits per heavy atom. The topological polar surface area (TPSA) is 37.3 Å². The molecular weight excluding hydrogens is 188 g/mol. The molecule has 0 saturated heterocycles. The number of ketones is 1. The lowest BCUT2D eigenvalue weighted by Gasteiger charge is -1.99. The average Bonchev–Trinajstić information content (AvgIpc) is 2.07. The zero-order valence-corrected chi connectivity index (χ0v) is 7.88. The first kappa shape index (κ1) is 9.81. The molecule has 0 fully saturated rings. The Morgan fingerprint density at radius 3 is 2.85 bits per heavy atom. The smallest absolute Gasteiger partial charge is 0.152 e. The Hall–Kier alpha value is -1.28. The van der Waals surface area contributed by atoms with Crippen LogP contribution in [0.5, 0.6) is 5.75 Å². The summed E-state index contributed by atoms with van der Waals surface area (Å²) in [4.78, 5) is 10.6. The third-order valence-corrected chi connectivity index (χ3v) is 1.82. The zero-order chi connectivity index (χ0) is 9.84. The fourth-order valence-electron chi connectivity index (χ4n) is 0.874. The molecule has 13 heavy (non-hydrogen) atoms. The fraction of sp³-hybridized carbons (Fsp3) is 0.100. The van der Waals surface area contributed by atoms with Crippen LogP contribution < -0.4 is 0 Å².